The molecule has 2 rings (SSSR count). The Kier molecular flexibility index (Phi) is 9.77. The summed E-state index contributed by atoms with van der Waals surface area (Å²) < 4.78 is 10.5. The molecule has 0 bridgehead atoms. The standard InChI is InChI=1S/C21H24Cl2N2O4/c1-28-12-3-11-24-21(27)15-5-8-17(9-6-15)25-20(26)4-2-13-29-19-10-7-16(22)14-18(19)23/h5-10,14H,2-4,11-13H2,1H3,(H,24,27)(H,25,26). The SMILES string of the molecule is COCCCNC(=O)c1ccc(NC(=O)CCCOc2ccc(Cl)cc2Cl)cc1. The predicted octanol–water partition coefficient (Wildman–Crippen LogP) is 4.56. The third-order valence-corrected chi connectivity index (χ3v) is 4.47. The summed E-state index contributed by atoms with van der Waals surface area (Å²) >= 11 is 11.9. The molecule has 0 aliphatic heterocycles. The Balaban J connectivity index is 1.70. The number of hydrogen-bond acceptors (Lipinski definition) is 4. The number of amides is 2. The highest BCUT2D eigenvalue weighted by Crippen LogP contribution is 2.27. The maximum Gasteiger partial charge on any atom is 0.251 e. The Bertz CT molecular complexity index is 813. The van der Waals surface area contributed by atoms with Crippen LogP contribution >= 0.6 is 23.2 Å². The number of rotatable bonds is 11. The van der Waals surface area contributed by atoms with Crippen LogP contribution in [0.1, 0.15) is 29.6 Å². The van der Waals surface area contributed by atoms with E-state index in [4.69, 9.17) is 32.7 Å². The molecule has 2 aromatic carbocycles. The van der Waals surface area contributed by atoms with E-state index in [0.717, 1.165) is 6.42 Å². The highest BCUT2D eigenvalue weighted by molar-refractivity contribution is 6.35. The first-order valence-corrected chi connectivity index (χ1v) is 10.00. The first-order valence-electron chi connectivity index (χ1n) is 9.24. The Morgan fingerprint density at radius 3 is 2.45 bits per heavy atom. The topological polar surface area (TPSA) is 76.7 Å². The molecule has 2 amide bonds. The first kappa shape index (κ1) is 23.0. The molecule has 0 aliphatic carbocycles. The minimum Gasteiger partial charge on any atom is -0.492 e. The van der Waals surface area contributed by atoms with Crippen LogP contribution in [0.5, 0.6) is 5.75 Å². The summed E-state index contributed by atoms with van der Waals surface area (Å²) in [6.07, 6.45) is 1.59. The van der Waals surface area contributed by atoms with Gasteiger partial charge in [-0.1, -0.05) is 23.2 Å². The zero-order valence-electron chi connectivity index (χ0n) is 16.2. The van der Waals surface area contributed by atoms with Gasteiger partial charge in [0.25, 0.3) is 5.91 Å². The van der Waals surface area contributed by atoms with Gasteiger partial charge in [-0.25, -0.2) is 0 Å². The van der Waals surface area contributed by atoms with Crippen LogP contribution in [-0.4, -0.2) is 38.7 Å². The summed E-state index contributed by atoms with van der Waals surface area (Å²) in [6.45, 7) is 1.51. The van der Waals surface area contributed by atoms with Gasteiger partial charge in [0.2, 0.25) is 5.91 Å². The second-order valence-corrected chi connectivity index (χ2v) is 7.10. The van der Waals surface area contributed by atoms with Gasteiger partial charge in [0.05, 0.1) is 11.6 Å². The summed E-state index contributed by atoms with van der Waals surface area (Å²) in [5.74, 6) is 0.247. The summed E-state index contributed by atoms with van der Waals surface area (Å²) in [7, 11) is 1.62. The van der Waals surface area contributed by atoms with Crippen molar-refractivity contribution in [3.63, 3.8) is 0 Å². The average Bonchev–Trinajstić information content (AvgIpc) is 2.70. The number of methoxy groups -OCH3 is 1. The molecule has 0 aromatic heterocycles. The van der Waals surface area contributed by atoms with Crippen molar-refractivity contribution in [1.29, 1.82) is 0 Å². The molecule has 156 valence electrons. The number of carbonyl (C=O) groups is 2. The zero-order chi connectivity index (χ0) is 21.1. The van der Waals surface area contributed by atoms with Crippen molar-refractivity contribution in [2.45, 2.75) is 19.3 Å². The Morgan fingerprint density at radius 1 is 1.00 bits per heavy atom. The summed E-state index contributed by atoms with van der Waals surface area (Å²) in [5.41, 5.74) is 1.17. The number of carbonyl (C=O) groups excluding carboxylic acids is 2. The van der Waals surface area contributed by atoms with Crippen LogP contribution in [-0.2, 0) is 9.53 Å². The van der Waals surface area contributed by atoms with Gasteiger partial charge in [0, 0.05) is 43.0 Å². The minimum atomic E-state index is -0.156. The molecule has 0 saturated carbocycles. The normalized spacial score (nSPS) is 10.4. The smallest absolute Gasteiger partial charge is 0.251 e. The number of anilines is 1. The fraction of sp³-hybridized carbons (Fsp3) is 0.333. The van der Waals surface area contributed by atoms with Crippen molar-refractivity contribution >= 4 is 40.7 Å². The molecule has 0 saturated heterocycles. The number of benzene rings is 2. The van der Waals surface area contributed by atoms with Gasteiger partial charge in [-0.3, -0.25) is 9.59 Å². The molecule has 2 aromatic rings. The quantitative estimate of drug-likeness (QED) is 0.504. The highest BCUT2D eigenvalue weighted by Gasteiger charge is 2.07. The van der Waals surface area contributed by atoms with Crippen molar-refractivity contribution in [3.05, 3.63) is 58.1 Å². The molecule has 29 heavy (non-hydrogen) atoms. The van der Waals surface area contributed by atoms with Crippen LogP contribution in [0.4, 0.5) is 5.69 Å². The zero-order valence-corrected chi connectivity index (χ0v) is 17.7. The third kappa shape index (κ3) is 8.31. The van der Waals surface area contributed by atoms with Gasteiger partial charge in [-0.2, -0.15) is 0 Å². The van der Waals surface area contributed by atoms with E-state index in [9.17, 15) is 9.59 Å². The molecular weight excluding hydrogens is 415 g/mol. The molecule has 2 N–H and O–H groups in total. The Morgan fingerprint density at radius 2 is 1.76 bits per heavy atom. The van der Waals surface area contributed by atoms with Crippen LogP contribution in [0.3, 0.4) is 0 Å². The van der Waals surface area contributed by atoms with Crippen molar-refractivity contribution in [3.8, 4) is 5.75 Å². The maximum absolute atomic E-state index is 12.1. The van der Waals surface area contributed by atoms with E-state index in [1.54, 1.807) is 49.6 Å². The van der Waals surface area contributed by atoms with Gasteiger partial charge in [0.1, 0.15) is 5.75 Å². The number of hydrogen-bond donors (Lipinski definition) is 2. The fourth-order valence-electron chi connectivity index (χ4n) is 2.46. The van der Waals surface area contributed by atoms with E-state index in [2.05, 4.69) is 10.6 Å². The van der Waals surface area contributed by atoms with E-state index in [-0.39, 0.29) is 11.8 Å². The molecule has 0 atom stereocenters. The van der Waals surface area contributed by atoms with E-state index >= 15 is 0 Å². The highest BCUT2D eigenvalue weighted by atomic mass is 35.5. The molecule has 0 heterocycles. The van der Waals surface area contributed by atoms with Gasteiger partial charge >= 0.3 is 0 Å². The van der Waals surface area contributed by atoms with Gasteiger partial charge in [-0.15, -0.1) is 0 Å². The number of ether oxygens (including phenoxy) is 2. The van der Waals surface area contributed by atoms with Crippen molar-refractivity contribution < 1.29 is 19.1 Å². The van der Waals surface area contributed by atoms with Crippen LogP contribution < -0.4 is 15.4 Å². The third-order valence-electron chi connectivity index (χ3n) is 3.94. The molecular formula is C21H24Cl2N2O4. The molecule has 0 spiro atoms. The molecule has 6 nitrogen and oxygen atoms in total. The second kappa shape index (κ2) is 12.3. The Labute approximate surface area is 180 Å². The fourth-order valence-corrected chi connectivity index (χ4v) is 2.92. The van der Waals surface area contributed by atoms with E-state index in [0.29, 0.717) is 59.6 Å². The molecule has 0 radical (unpaired) electrons. The molecule has 0 fully saturated rings. The van der Waals surface area contributed by atoms with Gasteiger partial charge in [-0.05, 0) is 55.3 Å². The van der Waals surface area contributed by atoms with Crippen molar-refractivity contribution in [2.24, 2.45) is 0 Å². The lowest BCUT2D eigenvalue weighted by molar-refractivity contribution is -0.116. The number of nitrogens with one attached hydrogen (secondary N) is 2. The lowest BCUT2D eigenvalue weighted by Crippen LogP contribution is -2.25. The van der Waals surface area contributed by atoms with Crippen molar-refractivity contribution in [2.75, 3.05) is 32.2 Å². The molecule has 8 heteroatoms. The number of halogens is 2. The molecule has 0 aliphatic rings. The van der Waals surface area contributed by atoms with E-state index in [1.165, 1.54) is 0 Å². The second-order valence-electron chi connectivity index (χ2n) is 6.25. The van der Waals surface area contributed by atoms with Gasteiger partial charge in [0.15, 0.2) is 0 Å². The Hall–Kier alpha value is -2.28. The van der Waals surface area contributed by atoms with Crippen LogP contribution in [0.25, 0.3) is 0 Å². The monoisotopic (exact) mass is 438 g/mol. The van der Waals surface area contributed by atoms with Crippen LogP contribution in [0, 0.1) is 0 Å². The molecule has 0 unspecified atom stereocenters. The lowest BCUT2D eigenvalue weighted by atomic mass is 10.2. The van der Waals surface area contributed by atoms with E-state index < -0.39 is 0 Å². The van der Waals surface area contributed by atoms with E-state index in [1.807, 2.05) is 0 Å². The van der Waals surface area contributed by atoms with Crippen molar-refractivity contribution in [1.82, 2.24) is 5.32 Å². The van der Waals surface area contributed by atoms with Crippen LogP contribution in [0.2, 0.25) is 10.0 Å². The first-order chi connectivity index (χ1) is 14.0. The largest absolute Gasteiger partial charge is 0.492 e. The summed E-state index contributed by atoms with van der Waals surface area (Å²) in [5, 5.41) is 6.58. The minimum absolute atomic E-state index is 0.132. The lowest BCUT2D eigenvalue weighted by Gasteiger charge is -2.09. The maximum atomic E-state index is 12.1. The average molecular weight is 439 g/mol. The summed E-state index contributed by atoms with van der Waals surface area (Å²) in [6, 6.07) is 11.7. The van der Waals surface area contributed by atoms with Crippen LogP contribution in [0.15, 0.2) is 42.5 Å². The van der Waals surface area contributed by atoms with Gasteiger partial charge < -0.3 is 20.1 Å². The predicted molar refractivity (Wildman–Crippen MR) is 115 cm³/mol. The summed E-state index contributed by atoms with van der Waals surface area (Å²) in [4.78, 5) is 24.1.